The first kappa shape index (κ1) is 11.0. The summed E-state index contributed by atoms with van der Waals surface area (Å²) in [4.78, 5) is 6.59. The molecule has 1 aliphatic heterocycles. The molecule has 7 nitrogen and oxygen atoms in total. The third-order valence-corrected chi connectivity index (χ3v) is 3.07. The zero-order valence-electron chi connectivity index (χ0n) is 9.73. The van der Waals surface area contributed by atoms with E-state index >= 15 is 0 Å². The quantitative estimate of drug-likeness (QED) is 0.647. The van der Waals surface area contributed by atoms with E-state index in [1.165, 1.54) is 23.9 Å². The molecule has 3 rings (SSSR count). The molecule has 0 atom stereocenters. The number of aromatic nitrogens is 4. The maximum absolute atomic E-state index is 8.85. The van der Waals surface area contributed by atoms with E-state index in [9.17, 15) is 0 Å². The molecule has 1 aromatic carbocycles. The lowest BCUT2D eigenvalue weighted by Crippen LogP contribution is -2.17. The average molecular weight is 247 g/mol. The van der Waals surface area contributed by atoms with E-state index in [1.807, 2.05) is 6.07 Å². The highest BCUT2D eigenvalue weighted by molar-refractivity contribution is 5.58. The Hall–Kier alpha value is -2.15. The predicted octanol–water partition coefficient (Wildman–Crippen LogP) is 1.11. The second-order valence-corrected chi connectivity index (χ2v) is 4.22. The first-order valence-corrected chi connectivity index (χ1v) is 5.81. The van der Waals surface area contributed by atoms with Crippen molar-refractivity contribution in [2.45, 2.75) is 12.8 Å². The van der Waals surface area contributed by atoms with Crippen molar-refractivity contribution in [3.8, 4) is 11.4 Å². The summed E-state index contributed by atoms with van der Waals surface area (Å²) in [6.07, 6.45) is 3.87. The third kappa shape index (κ3) is 2.00. The summed E-state index contributed by atoms with van der Waals surface area (Å²) in [5.74, 6) is 0.380. The molecule has 0 amide bonds. The number of hydrogen-bond donors (Lipinski definition) is 1. The van der Waals surface area contributed by atoms with Crippen LogP contribution in [0.25, 0.3) is 5.69 Å². The van der Waals surface area contributed by atoms with Crippen LogP contribution in [0.3, 0.4) is 0 Å². The van der Waals surface area contributed by atoms with Gasteiger partial charge in [0, 0.05) is 30.9 Å². The third-order valence-electron chi connectivity index (χ3n) is 3.07. The highest BCUT2D eigenvalue weighted by Gasteiger charge is 2.15. The van der Waals surface area contributed by atoms with Crippen LogP contribution in [-0.2, 0) is 0 Å². The number of hydrogen-bond acceptors (Lipinski definition) is 6. The van der Waals surface area contributed by atoms with Crippen molar-refractivity contribution in [1.82, 2.24) is 20.2 Å². The monoisotopic (exact) mass is 247 g/mol. The van der Waals surface area contributed by atoms with Crippen LogP contribution in [0.2, 0.25) is 0 Å². The molecule has 2 aromatic rings. The largest absolute Gasteiger partial charge is 0.371 e. The summed E-state index contributed by atoms with van der Waals surface area (Å²) in [5.41, 5.74) is 1.76. The first-order valence-electron chi connectivity index (χ1n) is 5.81. The smallest absolute Gasteiger partial charge is 0.169 e. The Morgan fingerprint density at radius 3 is 2.56 bits per heavy atom. The van der Waals surface area contributed by atoms with Gasteiger partial charge in [-0.15, -0.1) is 5.10 Å². The highest BCUT2D eigenvalue weighted by atomic mass is 17.1. The molecule has 1 fully saturated rings. The lowest BCUT2D eigenvalue weighted by Gasteiger charge is -2.18. The molecule has 18 heavy (non-hydrogen) atoms. The first-order chi connectivity index (χ1) is 8.86. The fourth-order valence-corrected chi connectivity index (χ4v) is 2.19. The van der Waals surface area contributed by atoms with Gasteiger partial charge in [0.15, 0.2) is 5.75 Å². The minimum Gasteiger partial charge on any atom is -0.371 e. The number of benzene rings is 1. The van der Waals surface area contributed by atoms with Gasteiger partial charge in [0.25, 0.3) is 0 Å². The Kier molecular flexibility index (Phi) is 2.81. The van der Waals surface area contributed by atoms with Crippen LogP contribution in [0.5, 0.6) is 5.75 Å². The molecule has 94 valence electrons. The van der Waals surface area contributed by atoms with Crippen LogP contribution in [0.15, 0.2) is 24.5 Å². The summed E-state index contributed by atoms with van der Waals surface area (Å²) in [6.45, 7) is 2.04. The summed E-state index contributed by atoms with van der Waals surface area (Å²) in [6, 6.07) is 5.46. The molecule has 0 spiro atoms. The number of nitrogens with zero attached hydrogens (tertiary/aromatic N) is 5. The SMILES string of the molecule is OOc1cc(N2CCCC2)cc(-n2cnnn2)c1. The van der Waals surface area contributed by atoms with Crippen molar-refractivity contribution >= 4 is 5.69 Å². The second-order valence-electron chi connectivity index (χ2n) is 4.22. The minimum atomic E-state index is 0.380. The van der Waals surface area contributed by atoms with Crippen LogP contribution in [-0.4, -0.2) is 38.6 Å². The number of anilines is 1. The second kappa shape index (κ2) is 4.61. The fraction of sp³-hybridized carbons (Fsp3) is 0.364. The summed E-state index contributed by atoms with van der Waals surface area (Å²) < 4.78 is 1.53. The number of tetrazole rings is 1. The van der Waals surface area contributed by atoms with Gasteiger partial charge in [-0.1, -0.05) is 0 Å². The Balaban J connectivity index is 2.01. The molecule has 0 radical (unpaired) electrons. The maximum Gasteiger partial charge on any atom is 0.169 e. The molecular formula is C11H13N5O2. The van der Waals surface area contributed by atoms with Gasteiger partial charge in [-0.2, -0.15) is 0 Å². The Labute approximate surface area is 104 Å². The molecule has 7 heteroatoms. The molecule has 1 N–H and O–H groups in total. The van der Waals surface area contributed by atoms with Gasteiger partial charge in [-0.25, -0.2) is 9.94 Å². The van der Waals surface area contributed by atoms with Gasteiger partial charge < -0.3 is 9.79 Å². The summed E-state index contributed by atoms with van der Waals surface area (Å²) in [7, 11) is 0. The van der Waals surface area contributed by atoms with E-state index in [-0.39, 0.29) is 0 Å². The van der Waals surface area contributed by atoms with Crippen molar-refractivity contribution in [3.63, 3.8) is 0 Å². The van der Waals surface area contributed by atoms with Crippen LogP contribution < -0.4 is 9.79 Å². The van der Waals surface area contributed by atoms with Crippen molar-refractivity contribution in [1.29, 1.82) is 0 Å². The van der Waals surface area contributed by atoms with Crippen molar-refractivity contribution < 1.29 is 10.1 Å². The normalized spacial score (nSPS) is 15.1. The molecule has 0 aliphatic carbocycles. The molecule has 1 saturated heterocycles. The lowest BCUT2D eigenvalue weighted by atomic mass is 10.2. The van der Waals surface area contributed by atoms with E-state index in [4.69, 9.17) is 5.26 Å². The fourth-order valence-electron chi connectivity index (χ4n) is 2.19. The summed E-state index contributed by atoms with van der Waals surface area (Å²) >= 11 is 0. The van der Waals surface area contributed by atoms with E-state index in [1.54, 1.807) is 12.1 Å². The lowest BCUT2D eigenvalue weighted by molar-refractivity contribution is -0.137. The van der Waals surface area contributed by atoms with Crippen molar-refractivity contribution in [2.24, 2.45) is 0 Å². The maximum atomic E-state index is 8.85. The van der Waals surface area contributed by atoms with Gasteiger partial charge in [-0.05, 0) is 29.3 Å². The van der Waals surface area contributed by atoms with Gasteiger partial charge in [0.2, 0.25) is 0 Å². The Morgan fingerprint density at radius 2 is 1.89 bits per heavy atom. The van der Waals surface area contributed by atoms with Gasteiger partial charge >= 0.3 is 0 Å². The Morgan fingerprint density at radius 1 is 1.11 bits per heavy atom. The molecule has 1 aliphatic rings. The number of rotatable bonds is 3. The van der Waals surface area contributed by atoms with Crippen molar-refractivity contribution in [3.05, 3.63) is 24.5 Å². The standard InChI is InChI=1S/C11H13N5O2/c17-18-11-6-9(15-3-1-2-4-15)5-10(7-11)16-8-12-13-14-16/h5-8,17H,1-4H2. The van der Waals surface area contributed by atoms with Crippen LogP contribution >= 0.6 is 0 Å². The van der Waals surface area contributed by atoms with E-state index in [0.717, 1.165) is 24.5 Å². The van der Waals surface area contributed by atoms with E-state index in [0.29, 0.717) is 5.75 Å². The molecule has 0 unspecified atom stereocenters. The average Bonchev–Trinajstić information content (AvgIpc) is 3.10. The zero-order valence-corrected chi connectivity index (χ0v) is 9.73. The van der Waals surface area contributed by atoms with Gasteiger partial charge in [-0.3, -0.25) is 0 Å². The molecule has 1 aromatic heterocycles. The van der Waals surface area contributed by atoms with Gasteiger partial charge in [0.05, 0.1) is 5.69 Å². The topological polar surface area (TPSA) is 76.3 Å². The zero-order chi connectivity index (χ0) is 12.4. The predicted molar refractivity (Wildman–Crippen MR) is 63.9 cm³/mol. The van der Waals surface area contributed by atoms with E-state index in [2.05, 4.69) is 25.3 Å². The van der Waals surface area contributed by atoms with Crippen LogP contribution in [0.4, 0.5) is 5.69 Å². The summed E-state index contributed by atoms with van der Waals surface area (Å²) in [5, 5.41) is 19.9. The minimum absolute atomic E-state index is 0.380. The van der Waals surface area contributed by atoms with Crippen LogP contribution in [0.1, 0.15) is 12.8 Å². The highest BCUT2D eigenvalue weighted by Crippen LogP contribution is 2.28. The van der Waals surface area contributed by atoms with Gasteiger partial charge in [0.1, 0.15) is 6.33 Å². The Bertz CT molecular complexity index is 522. The van der Waals surface area contributed by atoms with Crippen LogP contribution in [0, 0.1) is 0 Å². The molecule has 2 heterocycles. The molecular weight excluding hydrogens is 234 g/mol. The molecule has 0 bridgehead atoms. The van der Waals surface area contributed by atoms with E-state index < -0.39 is 0 Å². The van der Waals surface area contributed by atoms with Crippen molar-refractivity contribution in [2.75, 3.05) is 18.0 Å². The molecule has 0 saturated carbocycles.